The molecule has 0 fully saturated rings. The number of aryl methyl sites for hydroxylation is 2. The minimum atomic E-state index is -1.13. The van der Waals surface area contributed by atoms with Gasteiger partial charge in [0.1, 0.15) is 22.5 Å². The highest BCUT2D eigenvalue weighted by molar-refractivity contribution is 7.20. The Bertz CT molecular complexity index is 1210. The predicted octanol–water partition coefficient (Wildman–Crippen LogP) is 3.63. The van der Waals surface area contributed by atoms with Gasteiger partial charge in [-0.3, -0.25) is 14.2 Å². The van der Waals surface area contributed by atoms with E-state index in [0.717, 1.165) is 42.8 Å². The fourth-order valence-electron chi connectivity index (χ4n) is 3.71. The first kappa shape index (κ1) is 19.3. The Labute approximate surface area is 170 Å². The normalized spacial score (nSPS) is 14.7. The number of rotatable bonds is 3. The minimum absolute atomic E-state index is 0.104. The van der Waals surface area contributed by atoms with Gasteiger partial charge >= 0.3 is 0 Å². The highest BCUT2D eigenvalue weighted by Gasteiger charge is 2.25. The number of nitriles is 1. The molecule has 148 valence electrons. The molecule has 0 saturated carbocycles. The summed E-state index contributed by atoms with van der Waals surface area (Å²) in [4.78, 5) is 31.4. The van der Waals surface area contributed by atoms with E-state index in [0.29, 0.717) is 27.2 Å². The number of nitrogens with zero attached hydrogens (tertiary/aromatic N) is 3. The summed E-state index contributed by atoms with van der Waals surface area (Å²) in [6, 6.07) is 6.64. The number of benzene rings is 1. The smallest absolute Gasteiger partial charge is 0.263 e. The molecule has 3 aromatic rings. The Hall–Kier alpha value is -3.05. The van der Waals surface area contributed by atoms with Crippen molar-refractivity contribution in [1.82, 2.24) is 14.9 Å². The Morgan fingerprint density at radius 1 is 1.34 bits per heavy atom. The molecule has 3 heterocycles. The van der Waals surface area contributed by atoms with Crippen molar-refractivity contribution in [2.45, 2.75) is 45.2 Å². The summed E-state index contributed by atoms with van der Waals surface area (Å²) in [5.41, 5.74) is 0.530. The fraction of sp³-hybridized carbons (Fsp3) is 0.333. The van der Waals surface area contributed by atoms with Crippen LogP contribution in [0.3, 0.4) is 0 Å². The quantitative estimate of drug-likeness (QED) is 0.714. The summed E-state index contributed by atoms with van der Waals surface area (Å²) in [7, 11) is 0. The van der Waals surface area contributed by atoms with Gasteiger partial charge in [-0.25, -0.2) is 9.37 Å². The number of nitrogens with one attached hydrogen (secondary N) is 1. The molecule has 8 heteroatoms. The van der Waals surface area contributed by atoms with E-state index < -0.39 is 17.8 Å². The van der Waals surface area contributed by atoms with Gasteiger partial charge in [-0.2, -0.15) is 5.26 Å². The van der Waals surface area contributed by atoms with Crippen molar-refractivity contribution in [2.75, 3.05) is 0 Å². The van der Waals surface area contributed by atoms with Gasteiger partial charge in [-0.05, 0) is 31.4 Å². The zero-order chi connectivity index (χ0) is 20.5. The van der Waals surface area contributed by atoms with Crippen molar-refractivity contribution in [1.29, 1.82) is 5.26 Å². The molecule has 1 unspecified atom stereocenters. The maximum Gasteiger partial charge on any atom is 0.263 e. The van der Waals surface area contributed by atoms with Crippen LogP contribution >= 0.6 is 11.3 Å². The van der Waals surface area contributed by atoms with Crippen LogP contribution in [0.1, 0.15) is 51.9 Å². The van der Waals surface area contributed by atoms with E-state index in [1.54, 1.807) is 17.6 Å². The molecule has 1 N–H and O–H groups in total. The minimum Gasteiger partial charge on any atom is -0.332 e. The lowest BCUT2D eigenvalue weighted by Crippen LogP contribution is -2.28. The molecule has 1 atom stereocenters. The van der Waals surface area contributed by atoms with E-state index >= 15 is 0 Å². The SMILES string of the molecule is Cc1c(C(=O)NC(C#N)c2ccccc2F)sc2nc3n(c(=O)c12)CCCCC3. The van der Waals surface area contributed by atoms with Crippen LogP contribution in [0, 0.1) is 24.1 Å². The highest BCUT2D eigenvalue weighted by atomic mass is 32.1. The number of amides is 1. The Morgan fingerprint density at radius 3 is 2.90 bits per heavy atom. The summed E-state index contributed by atoms with van der Waals surface area (Å²) >= 11 is 1.14. The van der Waals surface area contributed by atoms with Crippen LogP contribution in [-0.2, 0) is 13.0 Å². The van der Waals surface area contributed by atoms with Gasteiger partial charge in [-0.1, -0.05) is 24.6 Å². The monoisotopic (exact) mass is 410 g/mol. The maximum absolute atomic E-state index is 14.0. The van der Waals surface area contributed by atoms with Crippen LogP contribution in [0.15, 0.2) is 29.1 Å². The first-order valence-electron chi connectivity index (χ1n) is 9.49. The van der Waals surface area contributed by atoms with E-state index in [1.807, 2.05) is 6.07 Å². The zero-order valence-corrected chi connectivity index (χ0v) is 16.7. The van der Waals surface area contributed by atoms with E-state index in [2.05, 4.69) is 10.3 Å². The van der Waals surface area contributed by atoms with Gasteiger partial charge in [0.25, 0.3) is 11.5 Å². The lowest BCUT2D eigenvalue weighted by Gasteiger charge is -2.12. The number of aromatic nitrogens is 2. The third-order valence-electron chi connectivity index (χ3n) is 5.24. The van der Waals surface area contributed by atoms with Crippen LogP contribution in [0.25, 0.3) is 10.2 Å². The van der Waals surface area contributed by atoms with Crippen LogP contribution in [0.5, 0.6) is 0 Å². The standard InChI is InChI=1S/C21H19FN4O2S/c1-12-17-20(25-16-9-3-2-6-10-26(16)21(17)28)29-18(12)19(27)24-15(11-23)13-7-4-5-8-14(13)22/h4-5,7-8,15H,2-3,6,9-10H2,1H3,(H,24,27). The second kappa shape index (κ2) is 7.76. The number of hydrogen-bond donors (Lipinski definition) is 1. The maximum atomic E-state index is 14.0. The van der Waals surface area contributed by atoms with Crippen LogP contribution in [-0.4, -0.2) is 15.5 Å². The summed E-state index contributed by atoms with van der Waals surface area (Å²) in [6.07, 6.45) is 3.73. The van der Waals surface area contributed by atoms with Crippen molar-refractivity contribution < 1.29 is 9.18 Å². The lowest BCUT2D eigenvalue weighted by molar-refractivity contribution is 0.0948. The number of halogens is 1. The van der Waals surface area contributed by atoms with Gasteiger partial charge in [-0.15, -0.1) is 11.3 Å². The average molecular weight is 410 g/mol. The van der Waals surface area contributed by atoms with Crippen molar-refractivity contribution >= 4 is 27.5 Å². The second-order valence-electron chi connectivity index (χ2n) is 7.09. The molecule has 2 aromatic heterocycles. The summed E-state index contributed by atoms with van der Waals surface area (Å²) in [5, 5.41) is 12.5. The van der Waals surface area contributed by atoms with Gasteiger partial charge in [0, 0.05) is 18.5 Å². The first-order valence-corrected chi connectivity index (χ1v) is 10.3. The van der Waals surface area contributed by atoms with E-state index in [4.69, 9.17) is 0 Å². The molecule has 4 rings (SSSR count). The lowest BCUT2D eigenvalue weighted by atomic mass is 10.1. The summed E-state index contributed by atoms with van der Waals surface area (Å²) < 4.78 is 15.7. The van der Waals surface area contributed by atoms with Crippen LogP contribution in [0.4, 0.5) is 4.39 Å². The van der Waals surface area contributed by atoms with Crippen LogP contribution in [0.2, 0.25) is 0 Å². The number of carbonyl (C=O) groups is 1. The van der Waals surface area contributed by atoms with Gasteiger partial charge < -0.3 is 5.32 Å². The molecule has 1 aromatic carbocycles. The molecule has 1 aliphatic heterocycles. The second-order valence-corrected chi connectivity index (χ2v) is 8.09. The Kier molecular flexibility index (Phi) is 5.16. The van der Waals surface area contributed by atoms with Gasteiger partial charge in [0.05, 0.1) is 16.3 Å². The molecule has 0 bridgehead atoms. The molecule has 0 saturated heterocycles. The first-order chi connectivity index (χ1) is 14.0. The molecule has 1 amide bonds. The molecule has 0 aliphatic carbocycles. The predicted molar refractivity (Wildman–Crippen MR) is 108 cm³/mol. The van der Waals surface area contributed by atoms with Crippen molar-refractivity contribution in [3.05, 3.63) is 62.3 Å². The van der Waals surface area contributed by atoms with E-state index in [-0.39, 0.29) is 11.1 Å². The van der Waals surface area contributed by atoms with Crippen molar-refractivity contribution in [2.24, 2.45) is 0 Å². The number of fused-ring (bicyclic) bond motifs is 2. The van der Waals surface area contributed by atoms with Crippen molar-refractivity contribution in [3.63, 3.8) is 0 Å². The number of thiophene rings is 1. The molecule has 6 nitrogen and oxygen atoms in total. The van der Waals surface area contributed by atoms with Crippen molar-refractivity contribution in [3.8, 4) is 6.07 Å². The molecule has 29 heavy (non-hydrogen) atoms. The third kappa shape index (κ3) is 3.42. The Morgan fingerprint density at radius 2 is 2.14 bits per heavy atom. The van der Waals surface area contributed by atoms with Gasteiger partial charge in [0.2, 0.25) is 0 Å². The number of hydrogen-bond acceptors (Lipinski definition) is 5. The van der Waals surface area contributed by atoms with Gasteiger partial charge in [0.15, 0.2) is 0 Å². The summed E-state index contributed by atoms with van der Waals surface area (Å²) in [6.45, 7) is 2.35. The highest BCUT2D eigenvalue weighted by Crippen LogP contribution is 2.29. The zero-order valence-electron chi connectivity index (χ0n) is 15.9. The molecular formula is C21H19FN4O2S. The molecule has 0 spiro atoms. The van der Waals surface area contributed by atoms with E-state index in [9.17, 15) is 19.2 Å². The molecule has 0 radical (unpaired) electrons. The fourth-order valence-corrected chi connectivity index (χ4v) is 4.81. The largest absolute Gasteiger partial charge is 0.332 e. The molecular weight excluding hydrogens is 391 g/mol. The van der Waals surface area contributed by atoms with E-state index in [1.165, 1.54) is 18.2 Å². The topological polar surface area (TPSA) is 87.8 Å². The summed E-state index contributed by atoms with van der Waals surface area (Å²) in [5.74, 6) is -0.314. The third-order valence-corrected chi connectivity index (χ3v) is 6.42. The molecule has 1 aliphatic rings. The number of carbonyl (C=O) groups excluding carboxylic acids is 1. The Balaban J connectivity index is 1.73. The van der Waals surface area contributed by atoms with Crippen LogP contribution < -0.4 is 10.9 Å². The average Bonchev–Trinajstić information content (AvgIpc) is 2.88.